The summed E-state index contributed by atoms with van der Waals surface area (Å²) in [6.07, 6.45) is -1.23. The second-order valence-corrected chi connectivity index (χ2v) is 11.1. The predicted octanol–water partition coefficient (Wildman–Crippen LogP) is 4.13. The number of nitrogens with one attached hydrogen (secondary N) is 1. The molecule has 0 atom stereocenters. The maximum Gasteiger partial charge on any atom is 0.421 e. The molecule has 1 aromatic heterocycles. The number of aromatic nitrogens is 2. The maximum atomic E-state index is 12.7. The van der Waals surface area contributed by atoms with Crippen LogP contribution < -0.4 is 4.72 Å². The van der Waals surface area contributed by atoms with Crippen LogP contribution in [0.15, 0.2) is 95.1 Å². The topological polar surface area (TPSA) is 167 Å². The summed E-state index contributed by atoms with van der Waals surface area (Å²) in [4.78, 5) is 28.5. The van der Waals surface area contributed by atoms with Gasteiger partial charge in [-0.1, -0.05) is 48.0 Å². The van der Waals surface area contributed by atoms with Gasteiger partial charge in [-0.05, 0) is 56.3 Å². The zero-order valence-electron chi connectivity index (χ0n) is 24.1. The Morgan fingerprint density at radius 1 is 1.00 bits per heavy atom. The molecule has 4 rings (SSSR count). The van der Waals surface area contributed by atoms with Gasteiger partial charge in [0, 0.05) is 5.56 Å². The van der Waals surface area contributed by atoms with E-state index in [-0.39, 0.29) is 23.0 Å². The molecular formula is C29H30N6O8S. The second-order valence-electron chi connectivity index (χ2n) is 9.44. The first-order chi connectivity index (χ1) is 21.0. The second kappa shape index (κ2) is 14.2. The van der Waals surface area contributed by atoms with Gasteiger partial charge in [0.1, 0.15) is 13.2 Å². The van der Waals surface area contributed by atoms with Crippen molar-refractivity contribution in [3.05, 3.63) is 107 Å². The number of hydrogen-bond donors (Lipinski definition) is 1. The molecule has 0 radical (unpaired) electrons. The Balaban J connectivity index is 1.25. The van der Waals surface area contributed by atoms with Crippen molar-refractivity contribution in [1.29, 1.82) is 0 Å². The molecule has 0 saturated heterocycles. The van der Waals surface area contributed by atoms with Crippen LogP contribution in [-0.2, 0) is 24.3 Å². The molecule has 0 aliphatic rings. The summed E-state index contributed by atoms with van der Waals surface area (Å²) < 4.78 is 38.7. The first kappa shape index (κ1) is 31.5. The smallest absolute Gasteiger partial charge is 0.421 e. The van der Waals surface area contributed by atoms with Gasteiger partial charge in [0.15, 0.2) is 0 Å². The lowest BCUT2D eigenvalue weighted by atomic mass is 10.1. The van der Waals surface area contributed by atoms with Crippen molar-refractivity contribution in [3.63, 3.8) is 0 Å². The highest BCUT2D eigenvalue weighted by Crippen LogP contribution is 2.25. The lowest BCUT2D eigenvalue weighted by molar-refractivity contribution is -0.706. The largest absolute Gasteiger partial charge is 0.569 e. The van der Waals surface area contributed by atoms with Crippen LogP contribution in [0.2, 0.25) is 0 Å². The molecular weight excluding hydrogens is 592 g/mol. The normalized spacial score (nSPS) is 11.5. The lowest BCUT2D eigenvalue weighted by Gasteiger charge is -2.13. The number of carbonyl (C=O) groups is 2. The van der Waals surface area contributed by atoms with E-state index in [4.69, 9.17) is 9.47 Å². The Bertz CT molecular complexity index is 1720. The van der Waals surface area contributed by atoms with Crippen molar-refractivity contribution < 1.29 is 37.3 Å². The van der Waals surface area contributed by atoms with E-state index in [1.54, 1.807) is 47.1 Å². The number of aryl methyl sites for hydroxylation is 2. The van der Waals surface area contributed by atoms with Crippen LogP contribution >= 0.6 is 0 Å². The van der Waals surface area contributed by atoms with Crippen molar-refractivity contribution >= 4 is 22.1 Å². The SMILES string of the molecule is Cc1ccc(-c2cc(C)nn2-c2ccc(S(=O)(=O)NC(=O)OCCN(C)/[N+]([O-])=N/OCOC(=O)c3ccccc3)cc2)cc1. The van der Waals surface area contributed by atoms with Crippen LogP contribution in [0.1, 0.15) is 21.6 Å². The number of nitrogens with zero attached hydrogens (tertiary/aromatic N) is 5. The fourth-order valence-electron chi connectivity index (χ4n) is 3.82. The average molecular weight is 623 g/mol. The van der Waals surface area contributed by atoms with Gasteiger partial charge in [-0.3, -0.25) is 0 Å². The fraction of sp³-hybridized carbons (Fsp3) is 0.207. The highest BCUT2D eigenvalue weighted by atomic mass is 32.2. The Hall–Kier alpha value is -5.44. The van der Waals surface area contributed by atoms with Gasteiger partial charge in [0.05, 0.1) is 39.6 Å². The summed E-state index contributed by atoms with van der Waals surface area (Å²) in [5, 5.41) is 20.7. The van der Waals surface area contributed by atoms with E-state index in [9.17, 15) is 23.2 Å². The van der Waals surface area contributed by atoms with Gasteiger partial charge in [0.2, 0.25) is 5.28 Å². The molecule has 0 bridgehead atoms. The Morgan fingerprint density at radius 2 is 1.68 bits per heavy atom. The van der Waals surface area contributed by atoms with Crippen LogP contribution in [0.25, 0.3) is 16.9 Å². The van der Waals surface area contributed by atoms with E-state index in [1.165, 1.54) is 19.2 Å². The minimum atomic E-state index is -4.25. The number of esters is 1. The number of sulfonamides is 1. The standard InChI is InChI=1S/C29H30N6O8S/c1-21-9-11-23(12-10-21)27-19-22(2)30-34(27)25-13-15-26(16-14-25)44(39,40)31-29(37)41-18-17-33(3)35(38)32-43-20-42-28(36)24-7-5-4-6-8-24/h4-16,19H,17-18,20H2,1-3H3,(H,31,37)/b35-32-. The molecule has 44 heavy (non-hydrogen) atoms. The molecule has 0 saturated carbocycles. The van der Waals surface area contributed by atoms with Crippen molar-refractivity contribution in [2.24, 2.45) is 5.28 Å². The number of rotatable bonds is 12. The Labute approximate surface area is 253 Å². The zero-order valence-corrected chi connectivity index (χ0v) is 24.9. The van der Waals surface area contributed by atoms with E-state index >= 15 is 0 Å². The third-order valence-electron chi connectivity index (χ3n) is 6.11. The molecule has 4 aromatic rings. The van der Waals surface area contributed by atoms with E-state index < -0.39 is 28.9 Å². The summed E-state index contributed by atoms with van der Waals surface area (Å²) >= 11 is 0. The number of likely N-dealkylation sites (N-methyl/N-ethyl adjacent to an activating group) is 1. The molecule has 14 nitrogen and oxygen atoms in total. The Kier molecular flexibility index (Phi) is 10.1. The minimum Gasteiger partial charge on any atom is -0.569 e. The number of ether oxygens (including phenoxy) is 2. The van der Waals surface area contributed by atoms with Crippen molar-refractivity contribution in [1.82, 2.24) is 19.5 Å². The molecule has 1 N–H and O–H groups in total. The maximum absolute atomic E-state index is 12.7. The first-order valence-corrected chi connectivity index (χ1v) is 14.7. The molecule has 0 spiro atoms. The number of hydrazine groups is 1. The minimum absolute atomic E-state index is 0.0429. The molecule has 0 aliphatic carbocycles. The van der Waals surface area contributed by atoms with Gasteiger partial charge in [-0.15, -0.1) is 5.01 Å². The summed E-state index contributed by atoms with van der Waals surface area (Å²) in [7, 11) is -2.93. The summed E-state index contributed by atoms with van der Waals surface area (Å²) in [6.45, 7) is 2.75. The highest BCUT2D eigenvalue weighted by molar-refractivity contribution is 7.90. The van der Waals surface area contributed by atoms with Crippen LogP contribution in [0.4, 0.5) is 4.79 Å². The zero-order chi connectivity index (χ0) is 31.7. The van der Waals surface area contributed by atoms with Crippen molar-refractivity contribution in [3.8, 4) is 16.9 Å². The molecule has 230 valence electrons. The van der Waals surface area contributed by atoms with Gasteiger partial charge < -0.3 is 19.5 Å². The van der Waals surface area contributed by atoms with Crippen molar-refractivity contribution in [2.75, 3.05) is 27.0 Å². The van der Waals surface area contributed by atoms with E-state index in [0.29, 0.717) is 11.3 Å². The third kappa shape index (κ3) is 8.32. The molecule has 0 aliphatic heterocycles. The van der Waals surface area contributed by atoms with Gasteiger partial charge in [0.25, 0.3) is 16.8 Å². The van der Waals surface area contributed by atoms with Crippen LogP contribution in [0.5, 0.6) is 0 Å². The van der Waals surface area contributed by atoms with Crippen LogP contribution in [-0.4, -0.2) is 67.2 Å². The number of carbonyl (C=O) groups excluding carboxylic acids is 2. The van der Waals surface area contributed by atoms with Crippen LogP contribution in [0.3, 0.4) is 0 Å². The number of amides is 1. The molecule has 1 heterocycles. The number of benzene rings is 3. The predicted molar refractivity (Wildman–Crippen MR) is 157 cm³/mol. The van der Waals surface area contributed by atoms with Crippen molar-refractivity contribution in [2.45, 2.75) is 18.7 Å². The average Bonchev–Trinajstić information content (AvgIpc) is 3.41. The summed E-state index contributed by atoms with van der Waals surface area (Å²) in [6, 6.07) is 23.9. The molecule has 0 fully saturated rings. The van der Waals surface area contributed by atoms with E-state index in [1.807, 2.05) is 48.9 Å². The monoisotopic (exact) mass is 622 g/mol. The van der Waals surface area contributed by atoms with Gasteiger partial charge in [-0.25, -0.2) is 27.4 Å². The van der Waals surface area contributed by atoms with Gasteiger partial charge >= 0.3 is 12.1 Å². The molecule has 0 unspecified atom stereocenters. The first-order valence-electron chi connectivity index (χ1n) is 13.2. The molecule has 15 heteroatoms. The van der Waals surface area contributed by atoms with E-state index in [0.717, 1.165) is 27.5 Å². The molecule has 3 aromatic carbocycles. The van der Waals surface area contributed by atoms with Gasteiger partial charge in [-0.2, -0.15) is 5.10 Å². The fourth-order valence-corrected chi connectivity index (χ4v) is 4.71. The molecule has 1 amide bonds. The number of hydrogen-bond acceptors (Lipinski definition) is 10. The lowest BCUT2D eigenvalue weighted by Crippen LogP contribution is -2.35. The summed E-state index contributed by atoms with van der Waals surface area (Å²) in [5.41, 5.74) is 4.64. The highest BCUT2D eigenvalue weighted by Gasteiger charge is 2.20. The van der Waals surface area contributed by atoms with E-state index in [2.05, 4.69) is 15.2 Å². The van der Waals surface area contributed by atoms with Crippen LogP contribution in [0, 0.1) is 19.1 Å². The summed E-state index contributed by atoms with van der Waals surface area (Å²) in [5.74, 6) is -0.655. The third-order valence-corrected chi connectivity index (χ3v) is 7.44. The Morgan fingerprint density at radius 3 is 2.36 bits per heavy atom. The quantitative estimate of drug-likeness (QED) is 0.0606.